The summed E-state index contributed by atoms with van der Waals surface area (Å²) in [5, 5.41) is 9.36. The lowest BCUT2D eigenvalue weighted by molar-refractivity contribution is -0.169. The summed E-state index contributed by atoms with van der Waals surface area (Å²) in [4.78, 5) is 39.8. The Kier molecular flexibility index (Phi) is 7.25. The van der Waals surface area contributed by atoms with Gasteiger partial charge >= 0.3 is 5.97 Å². The Morgan fingerprint density at radius 3 is 2.45 bits per heavy atom. The van der Waals surface area contributed by atoms with E-state index in [0.717, 1.165) is 16.9 Å². The number of nitrogens with zero attached hydrogens (tertiary/aromatic N) is 2. The fourth-order valence-electron chi connectivity index (χ4n) is 3.63. The van der Waals surface area contributed by atoms with Gasteiger partial charge in [-0.3, -0.25) is 14.4 Å². The van der Waals surface area contributed by atoms with Gasteiger partial charge in [-0.25, -0.2) is 0 Å². The molecular formula is C23H26N2O6. The van der Waals surface area contributed by atoms with Crippen LogP contribution in [0.1, 0.15) is 17.2 Å². The average molecular weight is 426 g/mol. The SMILES string of the molecule is COc1ccc(CCN(CC(=O)O)C(=O)[C@@H]2OCC(=O)N(C)[C@@H]2c2ccccc2)cc1. The van der Waals surface area contributed by atoms with Crippen molar-refractivity contribution in [3.63, 3.8) is 0 Å². The van der Waals surface area contributed by atoms with Gasteiger partial charge in [-0.15, -0.1) is 0 Å². The van der Waals surface area contributed by atoms with Crippen LogP contribution in [0.3, 0.4) is 0 Å². The van der Waals surface area contributed by atoms with E-state index < -0.39 is 30.6 Å². The number of morpholine rings is 1. The Balaban J connectivity index is 1.81. The zero-order valence-corrected chi connectivity index (χ0v) is 17.6. The fraction of sp³-hybridized carbons (Fsp3) is 0.348. The molecule has 0 saturated carbocycles. The molecule has 1 saturated heterocycles. The van der Waals surface area contributed by atoms with Crippen LogP contribution >= 0.6 is 0 Å². The third-order valence-electron chi connectivity index (χ3n) is 5.34. The summed E-state index contributed by atoms with van der Waals surface area (Å²) in [5.41, 5.74) is 1.70. The van der Waals surface area contributed by atoms with Crippen LogP contribution in [0, 0.1) is 0 Å². The maximum absolute atomic E-state index is 13.4. The van der Waals surface area contributed by atoms with E-state index in [2.05, 4.69) is 0 Å². The smallest absolute Gasteiger partial charge is 0.323 e. The van der Waals surface area contributed by atoms with Crippen LogP contribution in [-0.4, -0.2) is 72.6 Å². The number of carboxylic acids is 1. The van der Waals surface area contributed by atoms with Gasteiger partial charge in [0.15, 0.2) is 6.10 Å². The Hall–Kier alpha value is -3.39. The number of aliphatic carboxylic acids is 1. The summed E-state index contributed by atoms with van der Waals surface area (Å²) in [6.07, 6.45) is -0.513. The number of hydrogen-bond acceptors (Lipinski definition) is 5. The molecule has 0 aliphatic carbocycles. The number of carbonyl (C=O) groups excluding carboxylic acids is 2. The van der Waals surface area contributed by atoms with E-state index >= 15 is 0 Å². The zero-order chi connectivity index (χ0) is 22.4. The summed E-state index contributed by atoms with van der Waals surface area (Å²) in [7, 11) is 3.21. The average Bonchev–Trinajstić information content (AvgIpc) is 2.78. The Bertz CT molecular complexity index is 915. The molecule has 31 heavy (non-hydrogen) atoms. The predicted molar refractivity (Wildman–Crippen MR) is 113 cm³/mol. The molecule has 2 amide bonds. The zero-order valence-electron chi connectivity index (χ0n) is 17.6. The van der Waals surface area contributed by atoms with E-state index in [9.17, 15) is 19.5 Å². The van der Waals surface area contributed by atoms with E-state index in [1.165, 1.54) is 9.80 Å². The van der Waals surface area contributed by atoms with E-state index in [4.69, 9.17) is 9.47 Å². The highest BCUT2D eigenvalue weighted by Gasteiger charge is 2.42. The molecule has 0 spiro atoms. The number of ether oxygens (including phenoxy) is 2. The first-order valence-electron chi connectivity index (χ1n) is 9.96. The van der Waals surface area contributed by atoms with Crippen molar-refractivity contribution in [2.45, 2.75) is 18.6 Å². The van der Waals surface area contributed by atoms with E-state index in [1.54, 1.807) is 14.2 Å². The molecule has 8 heteroatoms. The van der Waals surface area contributed by atoms with E-state index in [-0.39, 0.29) is 19.1 Å². The molecule has 3 rings (SSSR count). The molecule has 0 aromatic heterocycles. The molecule has 1 aliphatic rings. The standard InChI is InChI=1S/C23H26N2O6/c1-24-19(26)15-31-22(21(24)17-6-4-3-5-7-17)23(29)25(14-20(27)28)13-12-16-8-10-18(30-2)11-9-16/h3-11,21-22H,12-15H2,1-2H3,(H,27,28)/t21-,22-/m1/s1. The van der Waals surface area contributed by atoms with Crippen molar-refractivity contribution in [1.82, 2.24) is 9.80 Å². The lowest BCUT2D eigenvalue weighted by atomic mass is 9.97. The van der Waals surface area contributed by atoms with Crippen molar-refractivity contribution in [1.29, 1.82) is 0 Å². The molecule has 2 aromatic carbocycles. The number of methoxy groups -OCH3 is 1. The molecule has 1 N–H and O–H groups in total. The molecule has 2 aromatic rings. The van der Waals surface area contributed by atoms with Crippen molar-refractivity contribution in [3.8, 4) is 5.75 Å². The van der Waals surface area contributed by atoms with Gasteiger partial charge < -0.3 is 24.4 Å². The predicted octanol–water partition coefficient (Wildman–Crippen LogP) is 1.75. The van der Waals surface area contributed by atoms with Gasteiger partial charge in [-0.1, -0.05) is 42.5 Å². The third-order valence-corrected chi connectivity index (χ3v) is 5.34. The number of likely N-dealkylation sites (N-methyl/N-ethyl adjacent to an activating group) is 1. The van der Waals surface area contributed by atoms with Crippen molar-refractivity contribution in [2.75, 3.05) is 33.9 Å². The molecule has 1 heterocycles. The van der Waals surface area contributed by atoms with Crippen molar-refractivity contribution < 1.29 is 29.0 Å². The largest absolute Gasteiger partial charge is 0.497 e. The molecule has 1 fully saturated rings. The van der Waals surface area contributed by atoms with Gasteiger partial charge in [0.1, 0.15) is 18.9 Å². The van der Waals surface area contributed by atoms with Crippen LogP contribution in [-0.2, 0) is 25.5 Å². The molecule has 1 aliphatic heterocycles. The van der Waals surface area contributed by atoms with Crippen LogP contribution in [0.15, 0.2) is 54.6 Å². The van der Waals surface area contributed by atoms with Crippen molar-refractivity contribution in [2.24, 2.45) is 0 Å². The van der Waals surface area contributed by atoms with Gasteiger partial charge in [0.25, 0.3) is 5.91 Å². The Labute approximate surface area is 181 Å². The topological polar surface area (TPSA) is 96.4 Å². The van der Waals surface area contributed by atoms with Crippen molar-refractivity contribution in [3.05, 3.63) is 65.7 Å². The van der Waals surface area contributed by atoms with Gasteiger partial charge in [0.05, 0.1) is 13.2 Å². The van der Waals surface area contributed by atoms with Crippen LogP contribution in [0.2, 0.25) is 0 Å². The second kappa shape index (κ2) is 10.1. The van der Waals surface area contributed by atoms with Crippen LogP contribution < -0.4 is 4.74 Å². The summed E-state index contributed by atoms with van der Waals surface area (Å²) >= 11 is 0. The first-order valence-corrected chi connectivity index (χ1v) is 9.96. The highest BCUT2D eigenvalue weighted by Crippen LogP contribution is 2.30. The van der Waals surface area contributed by atoms with E-state index in [1.807, 2.05) is 54.6 Å². The van der Waals surface area contributed by atoms with Crippen molar-refractivity contribution >= 4 is 17.8 Å². The van der Waals surface area contributed by atoms with Gasteiger partial charge in [0, 0.05) is 13.6 Å². The maximum atomic E-state index is 13.4. The summed E-state index contributed by atoms with van der Waals surface area (Å²) in [6, 6.07) is 15.9. The minimum Gasteiger partial charge on any atom is -0.497 e. The minimum atomic E-state index is -1.11. The van der Waals surface area contributed by atoms with Crippen LogP contribution in [0.5, 0.6) is 5.75 Å². The minimum absolute atomic E-state index is 0.205. The molecule has 164 valence electrons. The highest BCUT2D eigenvalue weighted by atomic mass is 16.5. The second-order valence-electron chi connectivity index (χ2n) is 7.34. The fourth-order valence-corrected chi connectivity index (χ4v) is 3.63. The third kappa shape index (κ3) is 5.40. The first kappa shape index (κ1) is 22.3. The van der Waals surface area contributed by atoms with Crippen LogP contribution in [0.25, 0.3) is 0 Å². The number of carboxylic acid groups (broad SMARTS) is 1. The highest BCUT2D eigenvalue weighted by molar-refractivity contribution is 5.88. The monoisotopic (exact) mass is 426 g/mol. The quantitative estimate of drug-likeness (QED) is 0.691. The molecule has 8 nitrogen and oxygen atoms in total. The molecule has 2 atom stereocenters. The lowest BCUT2D eigenvalue weighted by Gasteiger charge is -2.40. The number of carbonyl (C=O) groups is 3. The Morgan fingerprint density at radius 1 is 1.16 bits per heavy atom. The number of amides is 2. The van der Waals surface area contributed by atoms with Gasteiger partial charge in [0.2, 0.25) is 5.91 Å². The lowest BCUT2D eigenvalue weighted by Crippen LogP contribution is -2.54. The normalized spacial score (nSPS) is 18.5. The molecule has 0 unspecified atom stereocenters. The van der Waals surface area contributed by atoms with Crippen LogP contribution in [0.4, 0.5) is 0 Å². The van der Waals surface area contributed by atoms with Gasteiger partial charge in [-0.2, -0.15) is 0 Å². The summed E-state index contributed by atoms with van der Waals surface area (Å²) in [5.74, 6) is -1.08. The number of hydrogen-bond donors (Lipinski definition) is 1. The molecule has 0 bridgehead atoms. The summed E-state index contributed by atoms with van der Waals surface area (Å²) < 4.78 is 10.8. The Morgan fingerprint density at radius 2 is 1.84 bits per heavy atom. The first-order chi connectivity index (χ1) is 14.9. The molecular weight excluding hydrogens is 400 g/mol. The second-order valence-corrected chi connectivity index (χ2v) is 7.34. The molecule has 0 radical (unpaired) electrons. The number of rotatable bonds is 8. The summed E-state index contributed by atoms with van der Waals surface area (Å²) in [6.45, 7) is -0.472. The van der Waals surface area contributed by atoms with Gasteiger partial charge in [-0.05, 0) is 29.7 Å². The maximum Gasteiger partial charge on any atom is 0.323 e. The van der Waals surface area contributed by atoms with E-state index in [0.29, 0.717) is 6.42 Å². The number of benzene rings is 2.